The summed E-state index contributed by atoms with van der Waals surface area (Å²) in [6, 6.07) is 23.2. The van der Waals surface area contributed by atoms with E-state index in [0.29, 0.717) is 42.3 Å². The molecule has 312 valence electrons. The zero-order valence-electron chi connectivity index (χ0n) is 34.6. The molecule has 0 fully saturated rings. The third-order valence-corrected chi connectivity index (χ3v) is 10.9. The third kappa shape index (κ3) is 10.0. The number of aliphatic carboxylic acids is 1. The van der Waals surface area contributed by atoms with Crippen LogP contribution >= 0.6 is 31.9 Å². The minimum atomic E-state index is -0.966. The highest BCUT2D eigenvalue weighted by molar-refractivity contribution is 9.10. The number of pyridine rings is 2. The van der Waals surface area contributed by atoms with Crippen LogP contribution in [0.3, 0.4) is 0 Å². The normalized spacial score (nSPS) is 14.0. The first-order valence-electron chi connectivity index (χ1n) is 19.7. The number of fused-ring (bicyclic) bond motifs is 1. The molecule has 1 aliphatic heterocycles. The summed E-state index contributed by atoms with van der Waals surface area (Å²) in [4.78, 5) is 46.2. The highest BCUT2D eigenvalue weighted by atomic mass is 79.9. The van der Waals surface area contributed by atoms with E-state index in [1.807, 2.05) is 80.1 Å². The molecule has 0 saturated carbocycles. The van der Waals surface area contributed by atoms with Gasteiger partial charge in [-0.1, -0.05) is 56.1 Å². The van der Waals surface area contributed by atoms with Crippen LogP contribution in [0.15, 0.2) is 94.1 Å². The predicted molar refractivity (Wildman–Crippen MR) is 239 cm³/mol. The van der Waals surface area contributed by atoms with Crippen LogP contribution in [0, 0.1) is 13.8 Å². The molecule has 2 unspecified atom stereocenters. The molecule has 0 spiro atoms. The summed E-state index contributed by atoms with van der Waals surface area (Å²) in [7, 11) is 0. The van der Waals surface area contributed by atoms with E-state index in [1.165, 1.54) is 0 Å². The maximum absolute atomic E-state index is 12.8. The lowest BCUT2D eigenvalue weighted by Crippen LogP contribution is -2.28. The number of carbonyl (C=O) groups excluding carboxylic acids is 2. The highest BCUT2D eigenvalue weighted by Gasteiger charge is 2.35. The molecule has 13 nitrogen and oxygen atoms in total. The van der Waals surface area contributed by atoms with Crippen molar-refractivity contribution in [1.29, 1.82) is 0 Å². The van der Waals surface area contributed by atoms with Crippen molar-refractivity contribution >= 4 is 61.5 Å². The Kier molecular flexibility index (Phi) is 13.7. The number of ether oxygens (including phenoxy) is 1. The molecule has 0 aliphatic carbocycles. The van der Waals surface area contributed by atoms with E-state index in [1.54, 1.807) is 43.9 Å². The number of aromatic nitrogens is 6. The molecular formula is C45H48Br2N8O5. The standard InChI is InChI=1S/C25H29BrN4O4.C20H19BrN4O/c1-6-30-23(28-24(33)34-25(3,4)5)21(22(29-30)19-9-7-8-12-27-19)18(14-20(31)32)17-11-10-16(26)13-15(17)2;1-3-25-20-18(19(24-25)16-6-4-5-9-22-16)15(11-17(26)23-20)14-8-7-13(21)10-12(14)2/h7-13,18H,6,14H2,1-5H3,(H,28,33)(H,31,32);4-10,15H,3,11H2,1-2H3,(H,23,26). The number of carbonyl (C=O) groups is 3. The summed E-state index contributed by atoms with van der Waals surface area (Å²) in [6.45, 7) is 14.4. The van der Waals surface area contributed by atoms with E-state index < -0.39 is 23.6 Å². The number of hydrogen-bond acceptors (Lipinski definition) is 8. The maximum atomic E-state index is 12.8. The van der Waals surface area contributed by atoms with E-state index in [2.05, 4.69) is 71.5 Å². The Labute approximate surface area is 366 Å². The summed E-state index contributed by atoms with van der Waals surface area (Å²) >= 11 is 7.00. The number of hydrogen-bond donors (Lipinski definition) is 3. The number of rotatable bonds is 10. The van der Waals surface area contributed by atoms with Crippen molar-refractivity contribution in [3.8, 4) is 22.8 Å². The van der Waals surface area contributed by atoms with Gasteiger partial charge in [-0.3, -0.25) is 24.9 Å². The van der Waals surface area contributed by atoms with Crippen LogP contribution in [0.25, 0.3) is 22.8 Å². The van der Waals surface area contributed by atoms with Gasteiger partial charge in [-0.05, 0) is 119 Å². The lowest BCUT2D eigenvalue weighted by Gasteiger charge is -2.26. The Hall–Kier alpha value is -5.67. The molecule has 0 saturated heterocycles. The van der Waals surface area contributed by atoms with Gasteiger partial charge in [0.05, 0.1) is 17.8 Å². The minimum absolute atomic E-state index is 0.0204. The van der Waals surface area contributed by atoms with E-state index in [-0.39, 0.29) is 18.2 Å². The minimum Gasteiger partial charge on any atom is -0.481 e. The second-order valence-corrected chi connectivity index (χ2v) is 17.2. The summed E-state index contributed by atoms with van der Waals surface area (Å²) < 4.78 is 10.9. The first-order chi connectivity index (χ1) is 28.6. The van der Waals surface area contributed by atoms with Gasteiger partial charge in [-0.25, -0.2) is 14.2 Å². The molecule has 1 aliphatic rings. The van der Waals surface area contributed by atoms with Gasteiger partial charge in [-0.2, -0.15) is 10.2 Å². The predicted octanol–water partition coefficient (Wildman–Crippen LogP) is 10.5. The van der Waals surface area contributed by atoms with Crippen LogP contribution in [0.2, 0.25) is 0 Å². The second-order valence-electron chi connectivity index (χ2n) is 15.4. The van der Waals surface area contributed by atoms with Crippen LogP contribution in [0.1, 0.15) is 92.7 Å². The fourth-order valence-electron chi connectivity index (χ4n) is 7.46. The molecule has 2 aromatic carbocycles. The lowest BCUT2D eigenvalue weighted by atomic mass is 9.83. The first kappa shape index (κ1) is 43.9. The van der Waals surface area contributed by atoms with E-state index in [4.69, 9.17) is 14.9 Å². The summed E-state index contributed by atoms with van der Waals surface area (Å²) in [5.41, 5.74) is 7.75. The van der Waals surface area contributed by atoms with Crippen LogP contribution in [-0.2, 0) is 27.4 Å². The molecule has 60 heavy (non-hydrogen) atoms. The average molecular weight is 941 g/mol. The number of amides is 2. The molecule has 7 rings (SSSR count). The fraction of sp³-hybridized carbons (Fsp3) is 0.311. The maximum Gasteiger partial charge on any atom is 0.413 e. The molecule has 0 bridgehead atoms. The van der Waals surface area contributed by atoms with Crippen molar-refractivity contribution in [3.05, 3.63) is 128 Å². The number of anilines is 2. The van der Waals surface area contributed by atoms with Gasteiger partial charge in [-0.15, -0.1) is 0 Å². The summed E-state index contributed by atoms with van der Waals surface area (Å²) in [5.74, 6) is -0.390. The van der Waals surface area contributed by atoms with Gasteiger partial charge in [0, 0.05) is 63.8 Å². The number of nitrogens with zero attached hydrogens (tertiary/aromatic N) is 6. The van der Waals surface area contributed by atoms with Gasteiger partial charge in [0.1, 0.15) is 28.6 Å². The Morgan fingerprint density at radius 3 is 2.03 bits per heavy atom. The first-order valence-corrected chi connectivity index (χ1v) is 21.2. The molecule has 3 N–H and O–H groups in total. The number of aryl methyl sites for hydroxylation is 4. The van der Waals surface area contributed by atoms with Crippen molar-refractivity contribution < 1.29 is 24.2 Å². The van der Waals surface area contributed by atoms with Crippen LogP contribution in [0.4, 0.5) is 16.4 Å². The third-order valence-electron chi connectivity index (χ3n) is 9.95. The summed E-state index contributed by atoms with van der Waals surface area (Å²) in [5, 5.41) is 25.2. The van der Waals surface area contributed by atoms with Gasteiger partial charge < -0.3 is 15.2 Å². The highest BCUT2D eigenvalue weighted by Crippen LogP contribution is 2.44. The molecule has 15 heteroatoms. The average Bonchev–Trinajstić information content (AvgIpc) is 3.75. The molecule has 2 amide bonds. The van der Waals surface area contributed by atoms with Crippen LogP contribution < -0.4 is 10.6 Å². The van der Waals surface area contributed by atoms with Crippen LogP contribution in [0.5, 0.6) is 0 Å². The number of nitrogens with one attached hydrogen (secondary N) is 2. The Bertz CT molecular complexity index is 2510. The molecule has 0 radical (unpaired) electrons. The molecule has 4 aromatic heterocycles. The second kappa shape index (κ2) is 18.7. The van der Waals surface area contributed by atoms with Gasteiger partial charge >= 0.3 is 12.1 Å². The zero-order valence-corrected chi connectivity index (χ0v) is 37.8. The number of benzene rings is 2. The van der Waals surface area contributed by atoms with Gasteiger partial charge in [0.15, 0.2) is 0 Å². The monoisotopic (exact) mass is 938 g/mol. The SMILES string of the molecule is CCn1nc(-c2ccccn2)c(C(CC(=O)O)c2ccc(Br)cc2C)c1NC(=O)OC(C)(C)C.CCn1nc(-c2ccccn2)c2c1NC(=O)CC2c1ccc(Br)cc1C. The molecular weight excluding hydrogens is 892 g/mol. The number of halogens is 2. The smallest absolute Gasteiger partial charge is 0.413 e. The topological polar surface area (TPSA) is 166 Å². The van der Waals surface area contributed by atoms with Crippen molar-refractivity contribution in [2.75, 3.05) is 10.6 Å². The van der Waals surface area contributed by atoms with E-state index >= 15 is 0 Å². The van der Waals surface area contributed by atoms with Crippen molar-refractivity contribution in [2.24, 2.45) is 0 Å². The Morgan fingerprint density at radius 1 is 0.883 bits per heavy atom. The Morgan fingerprint density at radius 2 is 1.48 bits per heavy atom. The fourth-order valence-corrected chi connectivity index (χ4v) is 8.41. The Balaban J connectivity index is 0.000000208. The van der Waals surface area contributed by atoms with Gasteiger partial charge in [0.2, 0.25) is 5.91 Å². The van der Waals surface area contributed by atoms with Gasteiger partial charge in [0.25, 0.3) is 0 Å². The molecule has 6 aromatic rings. The lowest BCUT2D eigenvalue weighted by molar-refractivity contribution is -0.137. The van der Waals surface area contributed by atoms with Crippen molar-refractivity contribution in [1.82, 2.24) is 29.5 Å². The largest absolute Gasteiger partial charge is 0.481 e. The van der Waals surface area contributed by atoms with E-state index in [9.17, 15) is 19.5 Å². The van der Waals surface area contributed by atoms with Crippen LogP contribution in [-0.4, -0.2) is 58.2 Å². The molecule has 5 heterocycles. The number of carboxylic acid groups (broad SMARTS) is 1. The summed E-state index contributed by atoms with van der Waals surface area (Å²) in [6.07, 6.45) is 3.00. The zero-order chi connectivity index (χ0) is 43.3. The van der Waals surface area contributed by atoms with E-state index in [0.717, 1.165) is 54.0 Å². The quantitative estimate of drug-likeness (QED) is 0.121. The molecule has 2 atom stereocenters. The van der Waals surface area contributed by atoms with Crippen molar-refractivity contribution in [3.63, 3.8) is 0 Å². The van der Waals surface area contributed by atoms with Crippen molar-refractivity contribution in [2.45, 2.75) is 91.8 Å². The number of carboxylic acids is 1.